The van der Waals surface area contributed by atoms with Crippen LogP contribution in [0.5, 0.6) is 0 Å². The summed E-state index contributed by atoms with van der Waals surface area (Å²) in [7, 11) is 0. The van der Waals surface area contributed by atoms with Gasteiger partial charge in [-0.3, -0.25) is 9.78 Å². The van der Waals surface area contributed by atoms with Gasteiger partial charge in [-0.05, 0) is 31.5 Å². The number of aliphatic carboxylic acids is 1. The molecule has 0 unspecified atom stereocenters. The molecule has 0 spiro atoms. The van der Waals surface area contributed by atoms with Crippen molar-refractivity contribution in [3.8, 4) is 0 Å². The van der Waals surface area contributed by atoms with Crippen LogP contribution in [-0.2, 0) is 11.3 Å². The Morgan fingerprint density at radius 1 is 1.53 bits per heavy atom. The maximum absolute atomic E-state index is 10.2. The van der Waals surface area contributed by atoms with Crippen LogP contribution in [0.4, 0.5) is 0 Å². The van der Waals surface area contributed by atoms with Crippen LogP contribution in [0.1, 0.15) is 24.1 Å². The first kappa shape index (κ1) is 11.7. The van der Waals surface area contributed by atoms with Gasteiger partial charge in [0.2, 0.25) is 0 Å². The molecule has 82 valence electrons. The molecule has 1 heterocycles. The van der Waals surface area contributed by atoms with Crippen molar-refractivity contribution in [3.63, 3.8) is 0 Å². The summed E-state index contributed by atoms with van der Waals surface area (Å²) < 4.78 is 0. The zero-order chi connectivity index (χ0) is 11.1. The molecule has 0 bridgehead atoms. The predicted molar refractivity (Wildman–Crippen MR) is 57.6 cm³/mol. The molecule has 0 saturated heterocycles. The summed E-state index contributed by atoms with van der Waals surface area (Å²) in [5.74, 6) is -0.742. The lowest BCUT2D eigenvalue weighted by molar-refractivity contribution is -0.137. The van der Waals surface area contributed by atoms with Gasteiger partial charge in [0, 0.05) is 24.9 Å². The number of rotatable bonds is 6. The number of pyridine rings is 1. The Balaban J connectivity index is 2.15. The highest BCUT2D eigenvalue weighted by atomic mass is 16.4. The molecule has 1 aromatic heterocycles. The third-order valence-electron chi connectivity index (χ3n) is 2.05. The molecule has 0 fully saturated rings. The minimum Gasteiger partial charge on any atom is -0.481 e. The zero-order valence-corrected chi connectivity index (χ0v) is 8.86. The number of aryl methyl sites for hydroxylation is 1. The summed E-state index contributed by atoms with van der Waals surface area (Å²) in [6.07, 6.45) is 2.72. The van der Waals surface area contributed by atoms with Gasteiger partial charge in [0.15, 0.2) is 0 Å². The maximum Gasteiger partial charge on any atom is 0.303 e. The van der Waals surface area contributed by atoms with Gasteiger partial charge in [0.05, 0.1) is 0 Å². The van der Waals surface area contributed by atoms with E-state index in [0.717, 1.165) is 24.3 Å². The standard InChI is InChI=1S/C11H16N2O2/c1-9-4-5-10(8-13-9)7-12-6-2-3-11(14)15/h4-5,8,12H,2-3,6-7H2,1H3,(H,14,15). The Bertz CT molecular complexity index is 309. The summed E-state index contributed by atoms with van der Waals surface area (Å²) in [4.78, 5) is 14.4. The molecule has 0 amide bonds. The van der Waals surface area contributed by atoms with E-state index in [1.807, 2.05) is 25.3 Å². The van der Waals surface area contributed by atoms with E-state index in [0.29, 0.717) is 6.42 Å². The molecular formula is C11H16N2O2. The summed E-state index contributed by atoms with van der Waals surface area (Å²) >= 11 is 0. The SMILES string of the molecule is Cc1ccc(CNCCCC(=O)O)cn1. The zero-order valence-electron chi connectivity index (χ0n) is 8.86. The molecule has 1 aromatic rings. The molecule has 0 aliphatic heterocycles. The molecule has 0 aliphatic carbocycles. The third-order valence-corrected chi connectivity index (χ3v) is 2.05. The van der Waals surface area contributed by atoms with E-state index < -0.39 is 5.97 Å². The average molecular weight is 208 g/mol. The van der Waals surface area contributed by atoms with Gasteiger partial charge in [-0.1, -0.05) is 6.07 Å². The van der Waals surface area contributed by atoms with Crippen LogP contribution in [0, 0.1) is 6.92 Å². The first-order valence-corrected chi connectivity index (χ1v) is 5.02. The molecule has 0 saturated carbocycles. The van der Waals surface area contributed by atoms with Crippen molar-refractivity contribution in [2.45, 2.75) is 26.3 Å². The van der Waals surface area contributed by atoms with Gasteiger partial charge in [-0.2, -0.15) is 0 Å². The summed E-state index contributed by atoms with van der Waals surface area (Å²) in [6, 6.07) is 3.99. The number of hydrogen-bond acceptors (Lipinski definition) is 3. The summed E-state index contributed by atoms with van der Waals surface area (Å²) in [5.41, 5.74) is 2.13. The number of carbonyl (C=O) groups is 1. The van der Waals surface area contributed by atoms with Crippen LogP contribution in [0.3, 0.4) is 0 Å². The van der Waals surface area contributed by atoms with E-state index in [4.69, 9.17) is 5.11 Å². The van der Waals surface area contributed by atoms with Gasteiger partial charge >= 0.3 is 5.97 Å². The highest BCUT2D eigenvalue weighted by molar-refractivity contribution is 5.66. The Morgan fingerprint density at radius 2 is 2.33 bits per heavy atom. The largest absolute Gasteiger partial charge is 0.481 e. The van der Waals surface area contributed by atoms with Crippen molar-refractivity contribution in [1.82, 2.24) is 10.3 Å². The minimum absolute atomic E-state index is 0.221. The van der Waals surface area contributed by atoms with Crippen LogP contribution in [-0.4, -0.2) is 22.6 Å². The van der Waals surface area contributed by atoms with Crippen molar-refractivity contribution in [3.05, 3.63) is 29.6 Å². The van der Waals surface area contributed by atoms with Crippen molar-refractivity contribution >= 4 is 5.97 Å². The number of nitrogens with one attached hydrogen (secondary N) is 1. The van der Waals surface area contributed by atoms with E-state index in [-0.39, 0.29) is 6.42 Å². The third kappa shape index (κ3) is 5.12. The van der Waals surface area contributed by atoms with Crippen LogP contribution in [0.2, 0.25) is 0 Å². The maximum atomic E-state index is 10.2. The first-order valence-electron chi connectivity index (χ1n) is 5.02. The molecule has 0 aromatic carbocycles. The fourth-order valence-corrected chi connectivity index (χ4v) is 1.20. The molecule has 1 rings (SSSR count). The topological polar surface area (TPSA) is 62.2 Å². The Morgan fingerprint density at radius 3 is 2.93 bits per heavy atom. The molecule has 4 nitrogen and oxygen atoms in total. The molecule has 15 heavy (non-hydrogen) atoms. The highest BCUT2D eigenvalue weighted by Crippen LogP contribution is 1.98. The van der Waals surface area contributed by atoms with E-state index in [2.05, 4.69) is 10.3 Å². The van der Waals surface area contributed by atoms with Crippen molar-refractivity contribution in [2.75, 3.05) is 6.54 Å². The van der Waals surface area contributed by atoms with Gasteiger partial charge in [0.1, 0.15) is 0 Å². The fraction of sp³-hybridized carbons (Fsp3) is 0.455. The van der Waals surface area contributed by atoms with Crippen LogP contribution >= 0.6 is 0 Å². The van der Waals surface area contributed by atoms with E-state index >= 15 is 0 Å². The van der Waals surface area contributed by atoms with Crippen LogP contribution in [0.15, 0.2) is 18.3 Å². The van der Waals surface area contributed by atoms with E-state index in [9.17, 15) is 4.79 Å². The van der Waals surface area contributed by atoms with E-state index in [1.165, 1.54) is 0 Å². The second-order valence-electron chi connectivity index (χ2n) is 3.48. The Labute approximate surface area is 89.3 Å². The number of carboxylic acid groups (broad SMARTS) is 1. The average Bonchev–Trinajstić information content (AvgIpc) is 2.20. The number of nitrogens with zero attached hydrogens (tertiary/aromatic N) is 1. The first-order chi connectivity index (χ1) is 7.18. The van der Waals surface area contributed by atoms with Crippen LogP contribution in [0.25, 0.3) is 0 Å². The number of hydrogen-bond donors (Lipinski definition) is 2. The second kappa shape index (κ2) is 6.14. The molecule has 0 atom stereocenters. The van der Waals surface area contributed by atoms with Crippen molar-refractivity contribution in [2.24, 2.45) is 0 Å². The molecule has 0 aliphatic rings. The van der Waals surface area contributed by atoms with Gasteiger partial charge in [-0.15, -0.1) is 0 Å². The lowest BCUT2D eigenvalue weighted by atomic mass is 10.2. The Kier molecular flexibility index (Phi) is 4.77. The second-order valence-corrected chi connectivity index (χ2v) is 3.48. The predicted octanol–water partition coefficient (Wildman–Crippen LogP) is 1.34. The quantitative estimate of drug-likeness (QED) is 0.693. The number of aromatic nitrogens is 1. The van der Waals surface area contributed by atoms with E-state index in [1.54, 1.807) is 0 Å². The van der Waals surface area contributed by atoms with Crippen molar-refractivity contribution in [1.29, 1.82) is 0 Å². The van der Waals surface area contributed by atoms with Gasteiger partial charge < -0.3 is 10.4 Å². The lowest BCUT2D eigenvalue weighted by Crippen LogP contribution is -2.15. The highest BCUT2D eigenvalue weighted by Gasteiger charge is 1.96. The molecule has 0 radical (unpaired) electrons. The monoisotopic (exact) mass is 208 g/mol. The van der Waals surface area contributed by atoms with Crippen LogP contribution < -0.4 is 5.32 Å². The normalized spacial score (nSPS) is 10.2. The van der Waals surface area contributed by atoms with Crippen molar-refractivity contribution < 1.29 is 9.90 Å². The fourth-order valence-electron chi connectivity index (χ4n) is 1.20. The molecule has 2 N–H and O–H groups in total. The summed E-state index contributed by atoms with van der Waals surface area (Å²) in [5, 5.41) is 11.6. The number of carboxylic acids is 1. The van der Waals surface area contributed by atoms with Gasteiger partial charge in [0.25, 0.3) is 0 Å². The van der Waals surface area contributed by atoms with Gasteiger partial charge in [-0.25, -0.2) is 0 Å². The molecular weight excluding hydrogens is 192 g/mol. The Hall–Kier alpha value is -1.42. The lowest BCUT2D eigenvalue weighted by Gasteiger charge is -2.03. The molecule has 4 heteroatoms. The smallest absolute Gasteiger partial charge is 0.303 e. The minimum atomic E-state index is -0.742. The summed E-state index contributed by atoms with van der Waals surface area (Å²) in [6.45, 7) is 3.41.